The van der Waals surface area contributed by atoms with Gasteiger partial charge in [-0.3, -0.25) is 11.7 Å². The van der Waals surface area contributed by atoms with E-state index in [-0.39, 0.29) is 0 Å². The molecule has 4 heteroatoms. The van der Waals surface area contributed by atoms with Gasteiger partial charge in [0.15, 0.2) is 12.4 Å². The fourth-order valence-electron chi connectivity index (χ4n) is 1.30. The van der Waals surface area contributed by atoms with E-state index in [9.17, 15) is 0 Å². The summed E-state index contributed by atoms with van der Waals surface area (Å²) in [4.78, 5) is 0. The molecule has 0 aliphatic rings. The third-order valence-corrected chi connectivity index (χ3v) is 1.91. The normalized spacial score (nSPS) is 10.2. The molecule has 0 saturated heterocycles. The molecule has 0 fully saturated rings. The molecule has 4 nitrogen and oxygen atoms in total. The average Bonchev–Trinajstić information content (AvgIpc) is 2.48. The third kappa shape index (κ3) is 1.22. The molecule has 4 N–H and O–H groups in total. The fraction of sp³-hybridized carbons (Fsp3) is 0. The highest BCUT2D eigenvalue weighted by molar-refractivity contribution is 5.52. The lowest BCUT2D eigenvalue weighted by Gasteiger charge is -1.95. The van der Waals surface area contributed by atoms with Gasteiger partial charge in [-0.1, -0.05) is 18.2 Å². The first kappa shape index (κ1) is 7.67. The second kappa shape index (κ2) is 2.82. The van der Waals surface area contributed by atoms with Crippen LogP contribution in [-0.2, 0) is 0 Å². The summed E-state index contributed by atoms with van der Waals surface area (Å²) in [7, 11) is 0. The Balaban J connectivity index is 2.59. The number of imidazole rings is 1. The van der Waals surface area contributed by atoms with Gasteiger partial charge in [-0.2, -0.15) is 0 Å². The number of aromatic nitrogens is 2. The van der Waals surface area contributed by atoms with E-state index < -0.39 is 0 Å². The van der Waals surface area contributed by atoms with Crippen LogP contribution in [0.2, 0.25) is 0 Å². The SMILES string of the molecule is Nn1cc[n+](N)c1-c1ccccc1. The van der Waals surface area contributed by atoms with Crippen molar-refractivity contribution >= 4 is 0 Å². The molecule has 0 spiro atoms. The maximum Gasteiger partial charge on any atom is 0.335 e. The van der Waals surface area contributed by atoms with Crippen LogP contribution in [0.4, 0.5) is 0 Å². The summed E-state index contributed by atoms with van der Waals surface area (Å²) in [6.45, 7) is 0. The number of nitrogens with two attached hydrogens (primary N) is 2. The molecule has 1 aromatic heterocycles. The maximum atomic E-state index is 5.69. The first-order valence-electron chi connectivity index (χ1n) is 3.97. The third-order valence-electron chi connectivity index (χ3n) is 1.91. The van der Waals surface area contributed by atoms with Crippen LogP contribution in [0.15, 0.2) is 42.7 Å². The van der Waals surface area contributed by atoms with E-state index in [0.29, 0.717) is 0 Å². The standard InChI is InChI=1S/C9H11N4/c10-12-6-7-13(11)9(12)8-4-2-1-3-5-8/h1-7H,10-11H2/q+1. The summed E-state index contributed by atoms with van der Waals surface area (Å²) in [5.74, 6) is 12.2. The Hall–Kier alpha value is -1.97. The molecule has 0 aliphatic carbocycles. The van der Waals surface area contributed by atoms with Crippen LogP contribution in [0.3, 0.4) is 0 Å². The minimum absolute atomic E-state index is 0.778. The smallest absolute Gasteiger partial charge is 0.269 e. The summed E-state index contributed by atoms with van der Waals surface area (Å²) >= 11 is 0. The molecule has 66 valence electrons. The molecule has 2 rings (SSSR count). The van der Waals surface area contributed by atoms with Gasteiger partial charge in [-0.05, 0) is 12.1 Å². The maximum absolute atomic E-state index is 5.69. The summed E-state index contributed by atoms with van der Waals surface area (Å²) in [5, 5.41) is 0. The van der Waals surface area contributed by atoms with Gasteiger partial charge in [0, 0.05) is 0 Å². The Bertz CT molecular complexity index is 385. The van der Waals surface area contributed by atoms with Gasteiger partial charge >= 0.3 is 5.82 Å². The van der Waals surface area contributed by atoms with E-state index in [4.69, 9.17) is 11.7 Å². The first-order valence-corrected chi connectivity index (χ1v) is 3.97. The lowest BCUT2D eigenvalue weighted by molar-refractivity contribution is -0.626. The van der Waals surface area contributed by atoms with Gasteiger partial charge in [0.05, 0.1) is 5.56 Å². The van der Waals surface area contributed by atoms with E-state index in [1.54, 1.807) is 12.4 Å². The molecule has 1 aromatic carbocycles. The predicted molar refractivity (Wildman–Crippen MR) is 50.4 cm³/mol. The number of rotatable bonds is 1. The lowest BCUT2D eigenvalue weighted by Crippen LogP contribution is -2.45. The number of hydrogen-bond acceptors (Lipinski definition) is 2. The average molecular weight is 175 g/mol. The molecule has 0 bridgehead atoms. The van der Waals surface area contributed by atoms with Gasteiger partial charge in [0.2, 0.25) is 0 Å². The Morgan fingerprint density at radius 3 is 2.38 bits per heavy atom. The van der Waals surface area contributed by atoms with Crippen molar-refractivity contribution in [2.75, 3.05) is 11.7 Å². The van der Waals surface area contributed by atoms with Crippen molar-refractivity contribution in [3.8, 4) is 11.4 Å². The van der Waals surface area contributed by atoms with Crippen molar-refractivity contribution in [1.82, 2.24) is 4.68 Å². The summed E-state index contributed by atoms with van der Waals surface area (Å²) in [5.41, 5.74) is 0.998. The largest absolute Gasteiger partial charge is 0.335 e. The number of nitrogen functional groups attached to an aromatic ring is 2. The Morgan fingerprint density at radius 1 is 1.15 bits per heavy atom. The predicted octanol–water partition coefficient (Wildman–Crippen LogP) is -0.130. The second-order valence-corrected chi connectivity index (χ2v) is 2.80. The van der Waals surface area contributed by atoms with Gasteiger partial charge in [0.1, 0.15) is 0 Å². The van der Waals surface area contributed by atoms with Crippen LogP contribution in [-0.4, -0.2) is 4.68 Å². The minimum Gasteiger partial charge on any atom is -0.269 e. The molecule has 0 saturated carbocycles. The van der Waals surface area contributed by atoms with Crippen molar-refractivity contribution < 1.29 is 4.68 Å². The van der Waals surface area contributed by atoms with E-state index in [1.165, 1.54) is 9.35 Å². The van der Waals surface area contributed by atoms with Crippen LogP contribution in [0.1, 0.15) is 0 Å². The molecule has 0 aliphatic heterocycles. The van der Waals surface area contributed by atoms with Crippen LogP contribution < -0.4 is 16.4 Å². The highest BCUT2D eigenvalue weighted by atomic mass is 15.4. The highest BCUT2D eigenvalue weighted by Crippen LogP contribution is 2.11. The fourth-order valence-corrected chi connectivity index (χ4v) is 1.30. The van der Waals surface area contributed by atoms with Gasteiger partial charge in [-0.15, -0.1) is 9.35 Å². The van der Waals surface area contributed by atoms with Crippen molar-refractivity contribution in [2.24, 2.45) is 0 Å². The van der Waals surface area contributed by atoms with Crippen molar-refractivity contribution in [2.45, 2.75) is 0 Å². The zero-order chi connectivity index (χ0) is 9.26. The first-order chi connectivity index (χ1) is 6.29. The van der Waals surface area contributed by atoms with E-state index in [1.807, 2.05) is 30.3 Å². The molecule has 0 unspecified atom stereocenters. The second-order valence-electron chi connectivity index (χ2n) is 2.80. The van der Waals surface area contributed by atoms with E-state index >= 15 is 0 Å². The van der Waals surface area contributed by atoms with Gasteiger partial charge < -0.3 is 0 Å². The zero-order valence-electron chi connectivity index (χ0n) is 7.09. The lowest BCUT2D eigenvalue weighted by atomic mass is 10.2. The highest BCUT2D eigenvalue weighted by Gasteiger charge is 2.14. The number of nitrogens with zero attached hydrogens (tertiary/aromatic N) is 2. The monoisotopic (exact) mass is 175 g/mol. The van der Waals surface area contributed by atoms with Crippen molar-refractivity contribution in [3.05, 3.63) is 42.7 Å². The van der Waals surface area contributed by atoms with Crippen molar-refractivity contribution in [3.63, 3.8) is 0 Å². The molecule has 0 atom stereocenters. The number of benzene rings is 1. The van der Waals surface area contributed by atoms with Gasteiger partial charge in [-0.25, -0.2) is 0 Å². The van der Waals surface area contributed by atoms with Crippen molar-refractivity contribution in [1.29, 1.82) is 0 Å². The molecule has 1 heterocycles. The molecule has 0 radical (unpaired) electrons. The van der Waals surface area contributed by atoms with Gasteiger partial charge in [0.25, 0.3) is 0 Å². The topological polar surface area (TPSA) is 60.8 Å². The summed E-state index contributed by atoms with van der Waals surface area (Å²) in [6.07, 6.45) is 3.42. The molecule has 13 heavy (non-hydrogen) atoms. The van der Waals surface area contributed by atoms with Crippen LogP contribution >= 0.6 is 0 Å². The molecule has 0 amide bonds. The molecular formula is C9H11N4+. The van der Waals surface area contributed by atoms with Crippen LogP contribution in [0, 0.1) is 0 Å². The Kier molecular flexibility index (Phi) is 1.66. The minimum atomic E-state index is 0.778. The van der Waals surface area contributed by atoms with Crippen LogP contribution in [0.25, 0.3) is 11.4 Å². The quantitative estimate of drug-likeness (QED) is 0.468. The summed E-state index contributed by atoms with van der Waals surface area (Å²) in [6, 6.07) is 9.77. The molecular weight excluding hydrogens is 164 g/mol. The zero-order valence-corrected chi connectivity index (χ0v) is 7.09. The Morgan fingerprint density at radius 2 is 1.85 bits per heavy atom. The summed E-state index contributed by atoms with van der Waals surface area (Å²) < 4.78 is 2.99. The van der Waals surface area contributed by atoms with Crippen LogP contribution in [0.5, 0.6) is 0 Å². The van der Waals surface area contributed by atoms with E-state index in [2.05, 4.69) is 0 Å². The number of hydrogen-bond donors (Lipinski definition) is 2. The Labute approximate surface area is 76.0 Å². The molecule has 2 aromatic rings. The van der Waals surface area contributed by atoms with E-state index in [0.717, 1.165) is 11.4 Å².